The molecule has 2 rings (SSSR count). The average molecular weight is 207 g/mol. The van der Waals surface area contributed by atoms with E-state index >= 15 is 0 Å². The minimum absolute atomic E-state index is 0.485. The van der Waals surface area contributed by atoms with E-state index in [9.17, 15) is 9.90 Å². The molecular formula is C12H17NO2. The molecule has 1 aromatic rings. The second kappa shape index (κ2) is 3.72. The Labute approximate surface area is 89.7 Å². The third kappa shape index (κ3) is 1.91. The van der Waals surface area contributed by atoms with Crippen LogP contribution in [0.15, 0.2) is 18.5 Å². The lowest BCUT2D eigenvalue weighted by atomic mass is 9.81. The van der Waals surface area contributed by atoms with Crippen molar-refractivity contribution in [3.63, 3.8) is 0 Å². The van der Waals surface area contributed by atoms with Crippen molar-refractivity contribution >= 4 is 5.97 Å². The van der Waals surface area contributed by atoms with Gasteiger partial charge in [-0.3, -0.25) is 4.79 Å². The first-order valence-electron chi connectivity index (χ1n) is 5.47. The topological polar surface area (TPSA) is 42.2 Å². The van der Waals surface area contributed by atoms with Crippen LogP contribution in [-0.2, 0) is 18.3 Å². The molecule has 0 radical (unpaired) electrons. The van der Waals surface area contributed by atoms with Crippen LogP contribution in [-0.4, -0.2) is 15.6 Å². The van der Waals surface area contributed by atoms with E-state index in [1.54, 1.807) is 0 Å². The molecule has 1 aliphatic rings. The van der Waals surface area contributed by atoms with E-state index in [2.05, 4.69) is 0 Å². The van der Waals surface area contributed by atoms with Crippen molar-refractivity contribution in [2.45, 2.75) is 32.1 Å². The molecule has 1 heterocycles. The van der Waals surface area contributed by atoms with E-state index in [0.717, 1.165) is 31.2 Å². The van der Waals surface area contributed by atoms with Crippen molar-refractivity contribution in [2.75, 3.05) is 0 Å². The van der Waals surface area contributed by atoms with Gasteiger partial charge in [0.2, 0.25) is 0 Å². The Morgan fingerprint density at radius 1 is 1.53 bits per heavy atom. The van der Waals surface area contributed by atoms with Gasteiger partial charge in [-0.1, -0.05) is 12.8 Å². The largest absolute Gasteiger partial charge is 0.481 e. The summed E-state index contributed by atoms with van der Waals surface area (Å²) in [6.45, 7) is 0. The van der Waals surface area contributed by atoms with Gasteiger partial charge in [0.05, 0.1) is 5.41 Å². The van der Waals surface area contributed by atoms with Gasteiger partial charge in [0.1, 0.15) is 0 Å². The van der Waals surface area contributed by atoms with Crippen molar-refractivity contribution in [3.8, 4) is 0 Å². The van der Waals surface area contributed by atoms with Crippen molar-refractivity contribution in [2.24, 2.45) is 12.5 Å². The molecule has 0 spiro atoms. The highest BCUT2D eigenvalue weighted by atomic mass is 16.4. The molecule has 0 bridgehead atoms. The lowest BCUT2D eigenvalue weighted by Gasteiger charge is -2.22. The van der Waals surface area contributed by atoms with E-state index in [1.807, 2.05) is 30.1 Å². The van der Waals surface area contributed by atoms with Crippen molar-refractivity contribution < 1.29 is 9.90 Å². The molecule has 0 aliphatic heterocycles. The zero-order valence-corrected chi connectivity index (χ0v) is 9.07. The minimum atomic E-state index is -0.621. The molecule has 1 aromatic heterocycles. The third-order valence-electron chi connectivity index (χ3n) is 3.45. The van der Waals surface area contributed by atoms with E-state index < -0.39 is 11.4 Å². The van der Waals surface area contributed by atoms with Crippen LogP contribution in [0.5, 0.6) is 0 Å². The van der Waals surface area contributed by atoms with Crippen LogP contribution in [0.25, 0.3) is 0 Å². The standard InChI is InChI=1S/C12H17NO2/c1-13-7-4-10(9-13)8-12(11(14)15)5-2-3-6-12/h4,7,9H,2-3,5-6,8H2,1H3,(H,14,15). The van der Waals surface area contributed by atoms with Crippen LogP contribution in [0.2, 0.25) is 0 Å². The molecule has 3 heteroatoms. The highest BCUT2D eigenvalue weighted by molar-refractivity contribution is 5.75. The molecule has 0 amide bonds. The Bertz CT molecular complexity index is 361. The van der Waals surface area contributed by atoms with Crippen LogP contribution < -0.4 is 0 Å². The van der Waals surface area contributed by atoms with E-state index in [1.165, 1.54) is 0 Å². The Morgan fingerprint density at radius 3 is 2.67 bits per heavy atom. The summed E-state index contributed by atoms with van der Waals surface area (Å²) in [7, 11) is 1.96. The van der Waals surface area contributed by atoms with Gasteiger partial charge in [0.25, 0.3) is 0 Å². The zero-order chi connectivity index (χ0) is 10.9. The summed E-state index contributed by atoms with van der Waals surface area (Å²) in [6.07, 6.45) is 8.44. The van der Waals surface area contributed by atoms with E-state index in [-0.39, 0.29) is 0 Å². The first-order chi connectivity index (χ1) is 7.12. The van der Waals surface area contributed by atoms with Crippen molar-refractivity contribution in [1.82, 2.24) is 4.57 Å². The Morgan fingerprint density at radius 2 is 2.20 bits per heavy atom. The molecule has 0 atom stereocenters. The summed E-state index contributed by atoms with van der Waals surface area (Å²) in [6, 6.07) is 2.02. The van der Waals surface area contributed by atoms with Crippen LogP contribution in [0.3, 0.4) is 0 Å². The molecule has 82 valence electrons. The number of carbonyl (C=O) groups is 1. The second-order valence-electron chi connectivity index (χ2n) is 4.65. The molecule has 3 nitrogen and oxygen atoms in total. The monoisotopic (exact) mass is 207 g/mol. The fraction of sp³-hybridized carbons (Fsp3) is 0.583. The number of carboxylic acids is 1. The highest BCUT2D eigenvalue weighted by Gasteiger charge is 2.41. The lowest BCUT2D eigenvalue weighted by Crippen LogP contribution is -2.30. The fourth-order valence-corrected chi connectivity index (χ4v) is 2.57. The van der Waals surface area contributed by atoms with Gasteiger partial charge >= 0.3 is 5.97 Å². The number of aliphatic carboxylic acids is 1. The number of carboxylic acid groups (broad SMARTS) is 1. The van der Waals surface area contributed by atoms with Crippen LogP contribution in [0.1, 0.15) is 31.2 Å². The normalized spacial score (nSPS) is 19.3. The molecule has 0 aromatic carbocycles. The van der Waals surface area contributed by atoms with Gasteiger partial charge in [-0.2, -0.15) is 0 Å². The van der Waals surface area contributed by atoms with Gasteiger partial charge in [0.15, 0.2) is 0 Å². The number of hydrogen-bond acceptors (Lipinski definition) is 1. The molecule has 1 N–H and O–H groups in total. The van der Waals surface area contributed by atoms with E-state index in [0.29, 0.717) is 6.42 Å². The first kappa shape index (κ1) is 10.3. The Kier molecular flexibility index (Phi) is 2.55. The molecule has 0 unspecified atom stereocenters. The van der Waals surface area contributed by atoms with Crippen LogP contribution in [0, 0.1) is 5.41 Å². The predicted molar refractivity (Wildman–Crippen MR) is 57.7 cm³/mol. The Balaban J connectivity index is 2.17. The summed E-state index contributed by atoms with van der Waals surface area (Å²) in [5.74, 6) is -0.621. The first-order valence-corrected chi connectivity index (χ1v) is 5.47. The summed E-state index contributed by atoms with van der Waals surface area (Å²) >= 11 is 0. The van der Waals surface area contributed by atoms with Gasteiger partial charge in [-0.25, -0.2) is 0 Å². The van der Waals surface area contributed by atoms with Gasteiger partial charge in [-0.15, -0.1) is 0 Å². The third-order valence-corrected chi connectivity index (χ3v) is 3.45. The quantitative estimate of drug-likeness (QED) is 0.825. The number of hydrogen-bond donors (Lipinski definition) is 1. The maximum absolute atomic E-state index is 11.3. The van der Waals surface area contributed by atoms with Crippen LogP contribution >= 0.6 is 0 Å². The summed E-state index contributed by atoms with van der Waals surface area (Å²) in [4.78, 5) is 11.3. The van der Waals surface area contributed by atoms with Crippen molar-refractivity contribution in [1.29, 1.82) is 0 Å². The van der Waals surface area contributed by atoms with E-state index in [4.69, 9.17) is 0 Å². The lowest BCUT2D eigenvalue weighted by molar-refractivity contribution is -0.148. The zero-order valence-electron chi connectivity index (χ0n) is 9.07. The average Bonchev–Trinajstić information content (AvgIpc) is 2.77. The van der Waals surface area contributed by atoms with Gasteiger partial charge in [-0.05, 0) is 30.9 Å². The van der Waals surface area contributed by atoms with Crippen LogP contribution in [0.4, 0.5) is 0 Å². The molecule has 1 aliphatic carbocycles. The van der Waals surface area contributed by atoms with Gasteiger partial charge in [0, 0.05) is 19.4 Å². The maximum atomic E-state index is 11.3. The minimum Gasteiger partial charge on any atom is -0.481 e. The number of aryl methyl sites for hydroxylation is 1. The molecule has 1 saturated carbocycles. The predicted octanol–water partition coefficient (Wildman–Crippen LogP) is 2.21. The second-order valence-corrected chi connectivity index (χ2v) is 4.65. The summed E-state index contributed by atoms with van der Waals surface area (Å²) < 4.78 is 1.97. The smallest absolute Gasteiger partial charge is 0.309 e. The van der Waals surface area contributed by atoms with Gasteiger partial charge < -0.3 is 9.67 Å². The van der Waals surface area contributed by atoms with Crippen molar-refractivity contribution in [3.05, 3.63) is 24.0 Å². The Hall–Kier alpha value is -1.25. The molecule has 15 heavy (non-hydrogen) atoms. The fourth-order valence-electron chi connectivity index (χ4n) is 2.57. The maximum Gasteiger partial charge on any atom is 0.309 e. The number of nitrogens with zero attached hydrogens (tertiary/aromatic N) is 1. The SMILES string of the molecule is Cn1ccc(CC2(C(=O)O)CCCC2)c1. The summed E-state index contributed by atoms with van der Waals surface area (Å²) in [5, 5.41) is 9.33. The highest BCUT2D eigenvalue weighted by Crippen LogP contribution is 2.41. The number of aromatic nitrogens is 1. The molecular weight excluding hydrogens is 190 g/mol. The molecule has 0 saturated heterocycles. The number of rotatable bonds is 3. The molecule has 1 fully saturated rings. The summed E-state index contributed by atoms with van der Waals surface area (Å²) in [5.41, 5.74) is 0.656.